The van der Waals surface area contributed by atoms with Crippen molar-refractivity contribution in [1.82, 2.24) is 9.55 Å². The maximum absolute atomic E-state index is 13.1. The van der Waals surface area contributed by atoms with Gasteiger partial charge in [0.05, 0.1) is 18.1 Å². The van der Waals surface area contributed by atoms with E-state index in [1.54, 1.807) is 6.92 Å². The number of halogens is 1. The molecule has 2 heterocycles. The molecule has 0 bridgehead atoms. The first-order valence-corrected chi connectivity index (χ1v) is 5.06. The average molecular weight is 248 g/mol. The van der Waals surface area contributed by atoms with Crippen LogP contribution < -0.4 is 5.43 Å². The summed E-state index contributed by atoms with van der Waals surface area (Å²) in [7, 11) is 0. The van der Waals surface area contributed by atoms with Crippen LogP contribution in [-0.2, 0) is 0 Å². The van der Waals surface area contributed by atoms with Crippen molar-refractivity contribution in [3.8, 4) is 5.69 Å². The van der Waals surface area contributed by atoms with Gasteiger partial charge in [0.15, 0.2) is 5.43 Å². The molecule has 0 radical (unpaired) electrons. The Morgan fingerprint density at radius 2 is 2.11 bits per heavy atom. The number of aromatic carboxylic acids is 1. The van der Waals surface area contributed by atoms with Crippen molar-refractivity contribution >= 4 is 5.97 Å². The smallest absolute Gasteiger partial charge is 0.341 e. The molecule has 0 aromatic carbocycles. The van der Waals surface area contributed by atoms with Crippen LogP contribution in [0.4, 0.5) is 4.39 Å². The molecule has 0 amide bonds. The number of carboxylic acids is 1. The van der Waals surface area contributed by atoms with E-state index < -0.39 is 17.2 Å². The fraction of sp³-hybridized carbons (Fsp3) is 0.0833. The van der Waals surface area contributed by atoms with E-state index in [-0.39, 0.29) is 5.56 Å². The Bertz CT molecular complexity index is 679. The highest BCUT2D eigenvalue weighted by molar-refractivity contribution is 5.87. The number of aryl methyl sites for hydroxylation is 1. The van der Waals surface area contributed by atoms with Gasteiger partial charge in [-0.15, -0.1) is 0 Å². The van der Waals surface area contributed by atoms with Crippen LogP contribution in [0.1, 0.15) is 16.1 Å². The molecule has 0 unspecified atom stereocenters. The van der Waals surface area contributed by atoms with Crippen LogP contribution in [0.3, 0.4) is 0 Å². The van der Waals surface area contributed by atoms with E-state index in [2.05, 4.69) is 4.98 Å². The zero-order valence-electron chi connectivity index (χ0n) is 9.42. The summed E-state index contributed by atoms with van der Waals surface area (Å²) in [4.78, 5) is 26.0. The van der Waals surface area contributed by atoms with E-state index in [1.807, 2.05) is 0 Å². The van der Waals surface area contributed by atoms with Gasteiger partial charge in [0.2, 0.25) is 0 Å². The first-order chi connectivity index (χ1) is 8.49. The largest absolute Gasteiger partial charge is 0.477 e. The van der Waals surface area contributed by atoms with E-state index >= 15 is 0 Å². The lowest BCUT2D eigenvalue weighted by atomic mass is 10.2. The second kappa shape index (κ2) is 4.40. The van der Waals surface area contributed by atoms with Crippen molar-refractivity contribution in [3.05, 3.63) is 58.0 Å². The Labute approximate surface area is 101 Å². The predicted molar refractivity (Wildman–Crippen MR) is 61.5 cm³/mol. The summed E-state index contributed by atoms with van der Waals surface area (Å²) in [5.41, 5.74) is -0.0992. The van der Waals surface area contributed by atoms with E-state index in [9.17, 15) is 14.0 Å². The molecule has 2 aromatic rings. The average Bonchev–Trinajstić information content (AvgIpc) is 2.28. The summed E-state index contributed by atoms with van der Waals surface area (Å²) in [6.07, 6.45) is 3.59. The Morgan fingerprint density at radius 1 is 1.39 bits per heavy atom. The highest BCUT2D eigenvalue weighted by atomic mass is 19.1. The molecule has 0 fully saturated rings. The second-order valence-corrected chi connectivity index (χ2v) is 3.73. The maximum Gasteiger partial charge on any atom is 0.341 e. The van der Waals surface area contributed by atoms with Gasteiger partial charge in [-0.05, 0) is 6.92 Å². The minimum Gasteiger partial charge on any atom is -0.477 e. The Kier molecular flexibility index (Phi) is 2.93. The third kappa shape index (κ3) is 2.13. The number of carboxylic acid groups (broad SMARTS) is 1. The van der Waals surface area contributed by atoms with Crippen molar-refractivity contribution in [1.29, 1.82) is 0 Å². The molecule has 6 heteroatoms. The molecule has 18 heavy (non-hydrogen) atoms. The first-order valence-electron chi connectivity index (χ1n) is 5.06. The minimum absolute atomic E-state index is 0.356. The van der Waals surface area contributed by atoms with Gasteiger partial charge in [0.1, 0.15) is 11.4 Å². The van der Waals surface area contributed by atoms with Gasteiger partial charge in [-0.1, -0.05) is 0 Å². The highest BCUT2D eigenvalue weighted by Gasteiger charge is 2.11. The lowest BCUT2D eigenvalue weighted by Crippen LogP contribution is -2.18. The Morgan fingerprint density at radius 3 is 2.72 bits per heavy atom. The molecule has 0 saturated carbocycles. The fourth-order valence-corrected chi connectivity index (χ4v) is 1.60. The van der Waals surface area contributed by atoms with E-state index in [0.29, 0.717) is 11.4 Å². The van der Waals surface area contributed by atoms with Gasteiger partial charge >= 0.3 is 5.97 Å². The van der Waals surface area contributed by atoms with E-state index in [4.69, 9.17) is 5.11 Å². The molecule has 5 nitrogen and oxygen atoms in total. The molecule has 2 aromatic heterocycles. The Balaban J connectivity index is 2.68. The number of hydrogen-bond acceptors (Lipinski definition) is 3. The van der Waals surface area contributed by atoms with Gasteiger partial charge in [-0.3, -0.25) is 9.78 Å². The quantitative estimate of drug-likeness (QED) is 0.871. The molecule has 0 saturated heterocycles. The molecule has 92 valence electrons. The van der Waals surface area contributed by atoms with Crippen molar-refractivity contribution in [2.75, 3.05) is 0 Å². The second-order valence-electron chi connectivity index (χ2n) is 3.73. The first kappa shape index (κ1) is 12.0. The van der Waals surface area contributed by atoms with Gasteiger partial charge in [0.25, 0.3) is 0 Å². The number of carbonyl (C=O) groups is 1. The third-order valence-electron chi connectivity index (χ3n) is 2.44. The summed E-state index contributed by atoms with van der Waals surface area (Å²) in [5.74, 6) is -1.86. The lowest BCUT2D eigenvalue weighted by molar-refractivity contribution is 0.0695. The fourth-order valence-electron chi connectivity index (χ4n) is 1.60. The number of hydrogen-bond donors (Lipinski definition) is 1. The van der Waals surface area contributed by atoms with Gasteiger partial charge < -0.3 is 9.67 Å². The van der Waals surface area contributed by atoms with E-state index in [1.165, 1.54) is 22.9 Å². The number of nitrogens with zero attached hydrogens (tertiary/aromatic N) is 2. The summed E-state index contributed by atoms with van der Waals surface area (Å²) in [6, 6.07) is 2.39. The van der Waals surface area contributed by atoms with Crippen molar-refractivity contribution in [2.45, 2.75) is 6.92 Å². The molecule has 1 N–H and O–H groups in total. The molecule has 0 atom stereocenters. The standard InChI is InChI=1S/C12H9FN2O3/c1-7-2-11(16)10(12(17)18)6-15(7)9-3-8(13)4-14-5-9/h2-6H,1H3,(H,17,18). The minimum atomic E-state index is -1.32. The number of aromatic nitrogens is 2. The Hall–Kier alpha value is -2.50. The normalized spacial score (nSPS) is 10.3. The van der Waals surface area contributed by atoms with Crippen molar-refractivity contribution in [2.24, 2.45) is 0 Å². The van der Waals surface area contributed by atoms with Crippen molar-refractivity contribution < 1.29 is 14.3 Å². The third-order valence-corrected chi connectivity index (χ3v) is 2.44. The highest BCUT2D eigenvalue weighted by Crippen LogP contribution is 2.11. The van der Waals surface area contributed by atoms with E-state index in [0.717, 1.165) is 12.4 Å². The zero-order valence-corrected chi connectivity index (χ0v) is 9.42. The van der Waals surface area contributed by atoms with Crippen LogP contribution >= 0.6 is 0 Å². The number of pyridine rings is 2. The van der Waals surface area contributed by atoms with Crippen LogP contribution in [0.2, 0.25) is 0 Å². The summed E-state index contributed by atoms with van der Waals surface area (Å²) >= 11 is 0. The SMILES string of the molecule is Cc1cc(=O)c(C(=O)O)cn1-c1cncc(F)c1. The van der Waals surface area contributed by atoms with Gasteiger partial charge in [0, 0.05) is 24.0 Å². The van der Waals surface area contributed by atoms with Crippen LogP contribution in [0.5, 0.6) is 0 Å². The van der Waals surface area contributed by atoms with Crippen LogP contribution in [0, 0.1) is 12.7 Å². The molecule has 0 aliphatic rings. The predicted octanol–water partition coefficient (Wildman–Crippen LogP) is 1.38. The van der Waals surface area contributed by atoms with Crippen molar-refractivity contribution in [3.63, 3.8) is 0 Å². The van der Waals surface area contributed by atoms with Gasteiger partial charge in [-0.2, -0.15) is 0 Å². The molecular formula is C12H9FN2O3. The lowest BCUT2D eigenvalue weighted by Gasteiger charge is -2.10. The summed E-state index contributed by atoms with van der Waals surface area (Å²) < 4.78 is 14.5. The zero-order chi connectivity index (χ0) is 13.3. The topological polar surface area (TPSA) is 72.2 Å². The summed E-state index contributed by atoms with van der Waals surface area (Å²) in [5, 5.41) is 8.88. The molecule has 2 rings (SSSR count). The molecule has 0 aliphatic carbocycles. The number of rotatable bonds is 2. The molecule has 0 aliphatic heterocycles. The van der Waals surface area contributed by atoms with Crippen LogP contribution in [-0.4, -0.2) is 20.6 Å². The van der Waals surface area contributed by atoms with Gasteiger partial charge in [-0.25, -0.2) is 9.18 Å². The monoisotopic (exact) mass is 248 g/mol. The van der Waals surface area contributed by atoms with Crippen LogP contribution in [0.25, 0.3) is 5.69 Å². The maximum atomic E-state index is 13.1. The molecular weight excluding hydrogens is 239 g/mol. The molecule has 0 spiro atoms. The van der Waals surface area contributed by atoms with Crippen LogP contribution in [0.15, 0.2) is 35.5 Å². The summed E-state index contributed by atoms with van der Waals surface area (Å²) in [6.45, 7) is 1.62.